The Morgan fingerprint density at radius 1 is 0.885 bits per heavy atom. The molecule has 1 unspecified atom stereocenters. The smallest absolute Gasteiger partial charge is 0.147 e. The summed E-state index contributed by atoms with van der Waals surface area (Å²) in [5.74, 6) is 1.46. The van der Waals surface area contributed by atoms with Crippen molar-refractivity contribution in [2.24, 2.45) is 0 Å². The summed E-state index contributed by atoms with van der Waals surface area (Å²) in [5, 5.41) is 0. The quantitative estimate of drug-likeness (QED) is 0.707. The number of benzene rings is 1. The highest BCUT2D eigenvalue weighted by atomic mass is 15.2. The van der Waals surface area contributed by atoms with Gasteiger partial charge >= 0.3 is 0 Å². The SMILES string of the molecule is c1cncc(C2CC3(CCN(c4cnccn4)CC3)c3ccccc32)c1. The molecule has 0 amide bonds. The maximum Gasteiger partial charge on any atom is 0.147 e. The molecule has 2 aromatic heterocycles. The fourth-order valence-corrected chi connectivity index (χ4v) is 4.87. The predicted molar refractivity (Wildman–Crippen MR) is 102 cm³/mol. The highest BCUT2D eigenvalue weighted by Crippen LogP contribution is 2.53. The minimum Gasteiger partial charge on any atom is -0.355 e. The van der Waals surface area contributed by atoms with Gasteiger partial charge in [0, 0.05) is 43.8 Å². The van der Waals surface area contributed by atoms with Gasteiger partial charge in [0.25, 0.3) is 0 Å². The Balaban J connectivity index is 1.45. The second-order valence-corrected chi connectivity index (χ2v) is 7.46. The monoisotopic (exact) mass is 342 g/mol. The van der Waals surface area contributed by atoms with E-state index in [4.69, 9.17) is 0 Å². The van der Waals surface area contributed by atoms with E-state index in [1.165, 1.54) is 17.5 Å². The Morgan fingerprint density at radius 2 is 1.73 bits per heavy atom. The van der Waals surface area contributed by atoms with Crippen LogP contribution in [0.25, 0.3) is 0 Å². The molecule has 1 fully saturated rings. The number of nitrogens with zero attached hydrogens (tertiary/aromatic N) is 4. The molecule has 0 bridgehead atoms. The molecule has 0 saturated carbocycles. The Labute approximate surface area is 154 Å². The topological polar surface area (TPSA) is 41.9 Å². The third-order valence-corrected chi connectivity index (χ3v) is 6.18. The molecule has 2 aliphatic rings. The van der Waals surface area contributed by atoms with Crippen LogP contribution in [0.15, 0.2) is 67.4 Å². The summed E-state index contributed by atoms with van der Waals surface area (Å²) < 4.78 is 0. The van der Waals surface area contributed by atoms with E-state index in [0.717, 1.165) is 31.7 Å². The Bertz CT molecular complexity index is 886. The molecule has 1 saturated heterocycles. The first-order chi connectivity index (χ1) is 12.9. The Kier molecular flexibility index (Phi) is 3.70. The molecule has 4 heteroatoms. The summed E-state index contributed by atoms with van der Waals surface area (Å²) >= 11 is 0. The summed E-state index contributed by atoms with van der Waals surface area (Å²) in [6.45, 7) is 2.07. The number of hydrogen-bond acceptors (Lipinski definition) is 4. The third kappa shape index (κ3) is 2.48. The van der Waals surface area contributed by atoms with Crippen LogP contribution in [-0.4, -0.2) is 28.0 Å². The normalized spacial score (nSPS) is 20.9. The molecule has 0 N–H and O–H groups in total. The molecule has 3 aromatic rings. The number of piperidine rings is 1. The largest absolute Gasteiger partial charge is 0.355 e. The minimum absolute atomic E-state index is 0.274. The minimum atomic E-state index is 0.274. The van der Waals surface area contributed by atoms with Gasteiger partial charge < -0.3 is 4.90 Å². The highest BCUT2D eigenvalue weighted by Gasteiger charge is 2.45. The number of anilines is 1. The summed E-state index contributed by atoms with van der Waals surface area (Å²) in [5.41, 5.74) is 4.66. The average molecular weight is 342 g/mol. The number of pyridine rings is 1. The van der Waals surface area contributed by atoms with E-state index < -0.39 is 0 Å². The van der Waals surface area contributed by atoms with Crippen molar-refractivity contribution in [3.05, 3.63) is 84.1 Å². The van der Waals surface area contributed by atoms with Crippen LogP contribution in [0.2, 0.25) is 0 Å². The zero-order valence-corrected chi connectivity index (χ0v) is 14.8. The van der Waals surface area contributed by atoms with Crippen molar-refractivity contribution in [2.45, 2.75) is 30.6 Å². The van der Waals surface area contributed by atoms with Crippen LogP contribution in [0.5, 0.6) is 0 Å². The van der Waals surface area contributed by atoms with Crippen molar-refractivity contribution < 1.29 is 0 Å². The lowest BCUT2D eigenvalue weighted by Crippen LogP contribution is -2.42. The lowest BCUT2D eigenvalue weighted by molar-refractivity contribution is 0.321. The molecule has 5 rings (SSSR count). The number of aromatic nitrogens is 3. The molecule has 1 atom stereocenters. The molecule has 130 valence electrons. The Hall–Kier alpha value is -2.75. The summed E-state index contributed by atoms with van der Waals surface area (Å²) in [6, 6.07) is 13.3. The second-order valence-electron chi connectivity index (χ2n) is 7.46. The van der Waals surface area contributed by atoms with Crippen LogP contribution in [0.3, 0.4) is 0 Å². The van der Waals surface area contributed by atoms with Crippen LogP contribution in [0.4, 0.5) is 5.82 Å². The van der Waals surface area contributed by atoms with Gasteiger partial charge in [0.2, 0.25) is 0 Å². The van der Waals surface area contributed by atoms with E-state index in [1.54, 1.807) is 18.0 Å². The van der Waals surface area contributed by atoms with Gasteiger partial charge in [-0.05, 0) is 47.4 Å². The lowest BCUT2D eigenvalue weighted by atomic mass is 9.73. The molecule has 1 aromatic carbocycles. The summed E-state index contributed by atoms with van der Waals surface area (Å²) in [6.07, 6.45) is 12.8. The Morgan fingerprint density at radius 3 is 2.50 bits per heavy atom. The average Bonchev–Trinajstić information content (AvgIpc) is 3.04. The molecule has 26 heavy (non-hydrogen) atoms. The van der Waals surface area contributed by atoms with Crippen molar-refractivity contribution in [2.75, 3.05) is 18.0 Å². The summed E-state index contributed by atoms with van der Waals surface area (Å²) in [7, 11) is 0. The molecule has 1 aliphatic carbocycles. The van der Waals surface area contributed by atoms with Gasteiger partial charge in [-0.1, -0.05) is 30.3 Å². The van der Waals surface area contributed by atoms with E-state index in [2.05, 4.69) is 56.3 Å². The van der Waals surface area contributed by atoms with Crippen LogP contribution in [0, 0.1) is 0 Å². The van der Waals surface area contributed by atoms with Gasteiger partial charge in [-0.25, -0.2) is 4.98 Å². The van der Waals surface area contributed by atoms with Crippen LogP contribution >= 0.6 is 0 Å². The van der Waals surface area contributed by atoms with Crippen molar-refractivity contribution in [3.63, 3.8) is 0 Å². The van der Waals surface area contributed by atoms with Crippen LogP contribution in [0.1, 0.15) is 41.9 Å². The zero-order chi connectivity index (χ0) is 17.4. The van der Waals surface area contributed by atoms with Crippen LogP contribution < -0.4 is 4.90 Å². The molecule has 1 aliphatic heterocycles. The van der Waals surface area contributed by atoms with Gasteiger partial charge in [0.1, 0.15) is 5.82 Å². The fraction of sp³-hybridized carbons (Fsp3) is 0.318. The van der Waals surface area contributed by atoms with E-state index in [1.807, 2.05) is 18.6 Å². The number of hydrogen-bond donors (Lipinski definition) is 0. The van der Waals surface area contributed by atoms with Crippen molar-refractivity contribution in [1.29, 1.82) is 0 Å². The first kappa shape index (κ1) is 15.5. The number of fused-ring (bicyclic) bond motifs is 2. The molecular formula is C22H22N4. The van der Waals surface area contributed by atoms with Gasteiger partial charge in [0.05, 0.1) is 6.20 Å². The molecule has 3 heterocycles. The van der Waals surface area contributed by atoms with E-state index in [-0.39, 0.29) is 5.41 Å². The second kappa shape index (κ2) is 6.20. The fourth-order valence-electron chi connectivity index (χ4n) is 4.87. The first-order valence-electron chi connectivity index (χ1n) is 9.36. The molecule has 0 radical (unpaired) electrons. The van der Waals surface area contributed by atoms with Gasteiger partial charge in [-0.3, -0.25) is 9.97 Å². The molecular weight excluding hydrogens is 320 g/mol. The van der Waals surface area contributed by atoms with Gasteiger partial charge in [-0.15, -0.1) is 0 Å². The van der Waals surface area contributed by atoms with Gasteiger partial charge in [0.15, 0.2) is 0 Å². The predicted octanol–water partition coefficient (Wildman–Crippen LogP) is 3.95. The van der Waals surface area contributed by atoms with E-state index in [0.29, 0.717) is 5.92 Å². The summed E-state index contributed by atoms with van der Waals surface area (Å²) in [4.78, 5) is 15.4. The standard InChI is InChI=1S/C22H22N4/c1-2-6-20-18(5-1)19(17-4-3-9-23-15-17)14-22(20)7-12-26(13-8-22)21-16-24-10-11-25-21/h1-6,9-11,15-16,19H,7-8,12-14H2. The molecule has 4 nitrogen and oxygen atoms in total. The number of rotatable bonds is 2. The molecule has 1 spiro atoms. The van der Waals surface area contributed by atoms with Gasteiger partial charge in [-0.2, -0.15) is 0 Å². The first-order valence-corrected chi connectivity index (χ1v) is 9.36. The highest BCUT2D eigenvalue weighted by molar-refractivity contribution is 5.49. The van der Waals surface area contributed by atoms with E-state index >= 15 is 0 Å². The van der Waals surface area contributed by atoms with Crippen molar-refractivity contribution in [3.8, 4) is 0 Å². The zero-order valence-electron chi connectivity index (χ0n) is 14.8. The maximum absolute atomic E-state index is 4.48. The van der Waals surface area contributed by atoms with Crippen LogP contribution in [-0.2, 0) is 5.41 Å². The lowest BCUT2D eigenvalue weighted by Gasteiger charge is -2.40. The van der Waals surface area contributed by atoms with E-state index in [9.17, 15) is 0 Å². The van der Waals surface area contributed by atoms with Crippen molar-refractivity contribution >= 4 is 5.82 Å². The maximum atomic E-state index is 4.48. The third-order valence-electron chi connectivity index (χ3n) is 6.18. The van der Waals surface area contributed by atoms with Crippen molar-refractivity contribution in [1.82, 2.24) is 15.0 Å².